The van der Waals surface area contributed by atoms with Gasteiger partial charge in [-0.15, -0.1) is 0 Å². The van der Waals surface area contributed by atoms with Gasteiger partial charge in [-0.25, -0.2) is 0 Å². The Labute approximate surface area is 112 Å². The van der Waals surface area contributed by atoms with Crippen LogP contribution in [-0.4, -0.2) is 36.7 Å². The van der Waals surface area contributed by atoms with E-state index in [1.54, 1.807) is 13.3 Å². The minimum Gasteiger partial charge on any atom is -0.383 e. The molecule has 5 nitrogen and oxygen atoms in total. The molecule has 0 radical (unpaired) electrons. The molecule has 1 aromatic heterocycles. The molecule has 1 aliphatic heterocycles. The van der Waals surface area contributed by atoms with Gasteiger partial charge in [0.15, 0.2) is 0 Å². The molecule has 0 aromatic carbocycles. The normalized spacial score (nSPS) is 21.4. The number of nitrogens with two attached hydrogens (primary N) is 1. The number of nitrogens with zero attached hydrogens (tertiary/aromatic N) is 2. The van der Waals surface area contributed by atoms with E-state index < -0.39 is 0 Å². The molecule has 1 fully saturated rings. The summed E-state index contributed by atoms with van der Waals surface area (Å²) in [4.78, 5) is 0. The summed E-state index contributed by atoms with van der Waals surface area (Å²) >= 11 is 6.17. The van der Waals surface area contributed by atoms with E-state index in [9.17, 15) is 0 Å². The predicted molar refractivity (Wildman–Crippen MR) is 69.6 cm³/mol. The molecule has 6 heteroatoms. The van der Waals surface area contributed by atoms with Crippen LogP contribution in [0, 0.1) is 5.92 Å². The smallest absolute Gasteiger partial charge is 0.0834 e. The average Bonchev–Trinajstić information content (AvgIpc) is 2.96. The lowest BCUT2D eigenvalue weighted by Crippen LogP contribution is -2.21. The van der Waals surface area contributed by atoms with E-state index in [4.69, 9.17) is 26.8 Å². The van der Waals surface area contributed by atoms with Gasteiger partial charge in [-0.1, -0.05) is 11.6 Å². The largest absolute Gasteiger partial charge is 0.383 e. The molecular formula is C12H20ClN3O2. The van der Waals surface area contributed by atoms with Crippen LogP contribution < -0.4 is 5.73 Å². The molecule has 2 atom stereocenters. The zero-order chi connectivity index (χ0) is 13.0. The Morgan fingerprint density at radius 1 is 1.72 bits per heavy atom. The quantitative estimate of drug-likeness (QED) is 0.855. The van der Waals surface area contributed by atoms with Gasteiger partial charge in [0.2, 0.25) is 0 Å². The monoisotopic (exact) mass is 273 g/mol. The molecule has 0 bridgehead atoms. The highest BCUT2D eigenvalue weighted by atomic mass is 35.5. The van der Waals surface area contributed by atoms with Gasteiger partial charge in [-0.3, -0.25) is 4.68 Å². The molecule has 2 rings (SSSR count). The Bertz CT molecular complexity index is 377. The van der Waals surface area contributed by atoms with Crippen LogP contribution in [0.4, 0.5) is 0 Å². The van der Waals surface area contributed by atoms with E-state index in [1.165, 1.54) is 0 Å². The third kappa shape index (κ3) is 3.23. The first-order chi connectivity index (χ1) is 8.72. The van der Waals surface area contributed by atoms with Crippen LogP contribution in [0.2, 0.25) is 5.02 Å². The SMILES string of the molecule is COCCn1ncc(Cl)c1C(N)CC1CCOC1. The first kappa shape index (κ1) is 13.8. The topological polar surface area (TPSA) is 62.3 Å². The van der Waals surface area contributed by atoms with Crippen LogP contribution in [0.5, 0.6) is 0 Å². The lowest BCUT2D eigenvalue weighted by atomic mass is 9.98. The zero-order valence-corrected chi connectivity index (χ0v) is 11.4. The van der Waals surface area contributed by atoms with Crippen LogP contribution in [0.3, 0.4) is 0 Å². The molecule has 102 valence electrons. The lowest BCUT2D eigenvalue weighted by molar-refractivity contribution is 0.178. The number of rotatable bonds is 6. The second-order valence-corrected chi connectivity index (χ2v) is 5.07. The fraction of sp³-hybridized carbons (Fsp3) is 0.750. The number of hydrogen-bond donors (Lipinski definition) is 1. The third-order valence-electron chi connectivity index (χ3n) is 3.30. The minimum absolute atomic E-state index is 0.0939. The summed E-state index contributed by atoms with van der Waals surface area (Å²) in [5, 5.41) is 4.88. The Morgan fingerprint density at radius 2 is 2.56 bits per heavy atom. The second-order valence-electron chi connectivity index (χ2n) is 4.67. The van der Waals surface area contributed by atoms with Crippen molar-refractivity contribution >= 4 is 11.6 Å². The van der Waals surface area contributed by atoms with Gasteiger partial charge < -0.3 is 15.2 Å². The van der Waals surface area contributed by atoms with Crippen molar-refractivity contribution in [3.63, 3.8) is 0 Å². The van der Waals surface area contributed by atoms with E-state index in [0.717, 1.165) is 31.7 Å². The van der Waals surface area contributed by atoms with Gasteiger partial charge in [-0.05, 0) is 18.8 Å². The molecule has 0 spiro atoms. The maximum Gasteiger partial charge on any atom is 0.0834 e. The van der Waals surface area contributed by atoms with Crippen LogP contribution in [0.25, 0.3) is 0 Å². The number of methoxy groups -OCH3 is 1. The van der Waals surface area contributed by atoms with Gasteiger partial charge in [0, 0.05) is 26.4 Å². The minimum atomic E-state index is -0.0939. The van der Waals surface area contributed by atoms with Crippen LogP contribution >= 0.6 is 11.6 Å². The van der Waals surface area contributed by atoms with Crippen LogP contribution in [0.1, 0.15) is 24.6 Å². The number of aromatic nitrogens is 2. The number of hydrogen-bond acceptors (Lipinski definition) is 4. The summed E-state index contributed by atoms with van der Waals surface area (Å²) in [5.41, 5.74) is 7.15. The summed E-state index contributed by atoms with van der Waals surface area (Å²) in [6, 6.07) is -0.0939. The average molecular weight is 274 g/mol. The second kappa shape index (κ2) is 6.52. The fourth-order valence-electron chi connectivity index (χ4n) is 2.34. The lowest BCUT2D eigenvalue weighted by Gasteiger charge is -2.17. The van der Waals surface area contributed by atoms with Crippen molar-refractivity contribution in [3.8, 4) is 0 Å². The summed E-state index contributed by atoms with van der Waals surface area (Å²) in [5.74, 6) is 0.529. The molecule has 0 aliphatic carbocycles. The van der Waals surface area contributed by atoms with Crippen molar-refractivity contribution in [1.29, 1.82) is 0 Å². The highest BCUT2D eigenvalue weighted by Crippen LogP contribution is 2.28. The molecule has 2 heterocycles. The molecule has 0 saturated carbocycles. The standard InChI is InChI=1S/C12H20ClN3O2/c1-17-5-3-16-12(10(13)7-15-16)11(14)6-9-2-4-18-8-9/h7,9,11H,2-6,8,14H2,1H3. The molecule has 1 aromatic rings. The first-order valence-corrected chi connectivity index (χ1v) is 6.63. The summed E-state index contributed by atoms with van der Waals surface area (Å²) in [6.07, 6.45) is 3.62. The van der Waals surface area contributed by atoms with Crippen molar-refractivity contribution in [2.75, 3.05) is 26.9 Å². The van der Waals surface area contributed by atoms with Gasteiger partial charge in [0.25, 0.3) is 0 Å². The number of ether oxygens (including phenoxy) is 2. The first-order valence-electron chi connectivity index (χ1n) is 6.25. The maximum absolute atomic E-state index is 6.25. The van der Waals surface area contributed by atoms with Gasteiger partial charge in [0.1, 0.15) is 0 Å². The molecule has 1 aliphatic rings. The van der Waals surface area contributed by atoms with Crippen molar-refractivity contribution < 1.29 is 9.47 Å². The van der Waals surface area contributed by atoms with Gasteiger partial charge in [-0.2, -0.15) is 5.10 Å². The summed E-state index contributed by atoms with van der Waals surface area (Å²) < 4.78 is 12.3. The Morgan fingerprint density at radius 3 is 3.22 bits per heavy atom. The Kier molecular flexibility index (Phi) is 5.00. The van der Waals surface area contributed by atoms with E-state index in [-0.39, 0.29) is 6.04 Å². The van der Waals surface area contributed by atoms with E-state index in [0.29, 0.717) is 24.1 Å². The highest BCUT2D eigenvalue weighted by molar-refractivity contribution is 6.31. The van der Waals surface area contributed by atoms with Crippen molar-refractivity contribution in [2.24, 2.45) is 11.7 Å². The molecule has 2 unspecified atom stereocenters. The summed E-state index contributed by atoms with van der Waals surface area (Å²) in [6.45, 7) is 2.92. The van der Waals surface area contributed by atoms with Crippen molar-refractivity contribution in [1.82, 2.24) is 9.78 Å². The van der Waals surface area contributed by atoms with E-state index >= 15 is 0 Å². The zero-order valence-electron chi connectivity index (χ0n) is 10.6. The maximum atomic E-state index is 6.25. The third-order valence-corrected chi connectivity index (χ3v) is 3.59. The van der Waals surface area contributed by atoms with Crippen molar-refractivity contribution in [3.05, 3.63) is 16.9 Å². The highest BCUT2D eigenvalue weighted by Gasteiger charge is 2.23. The predicted octanol–water partition coefficient (Wildman–Crippen LogP) is 1.61. The van der Waals surface area contributed by atoms with E-state index in [2.05, 4.69) is 5.10 Å². The van der Waals surface area contributed by atoms with Crippen LogP contribution in [0.15, 0.2) is 6.20 Å². The van der Waals surface area contributed by atoms with Gasteiger partial charge >= 0.3 is 0 Å². The molecule has 1 saturated heterocycles. The molecular weight excluding hydrogens is 254 g/mol. The molecule has 18 heavy (non-hydrogen) atoms. The fourth-order valence-corrected chi connectivity index (χ4v) is 2.62. The van der Waals surface area contributed by atoms with Crippen LogP contribution in [-0.2, 0) is 16.0 Å². The van der Waals surface area contributed by atoms with E-state index in [1.807, 2.05) is 4.68 Å². The molecule has 2 N–H and O–H groups in total. The Hall–Kier alpha value is -0.620. The van der Waals surface area contributed by atoms with Crippen molar-refractivity contribution in [2.45, 2.75) is 25.4 Å². The molecule has 0 amide bonds. The number of halogens is 1. The Balaban J connectivity index is 2.02. The summed E-state index contributed by atoms with van der Waals surface area (Å²) in [7, 11) is 1.67. The van der Waals surface area contributed by atoms with Gasteiger partial charge in [0.05, 0.1) is 30.1 Å².